The van der Waals surface area contributed by atoms with Gasteiger partial charge in [-0.3, -0.25) is 4.79 Å². The first-order valence-electron chi connectivity index (χ1n) is 6.22. The minimum atomic E-state index is -0.383. The molecule has 5 nitrogen and oxygen atoms in total. The maximum absolute atomic E-state index is 11.8. The molecule has 104 valence electrons. The fourth-order valence-electron chi connectivity index (χ4n) is 1.69. The first-order valence-corrected chi connectivity index (χ1v) is 6.22. The molecule has 0 bridgehead atoms. The molecule has 2 aromatic carbocycles. The van der Waals surface area contributed by atoms with Crippen molar-refractivity contribution in [3.8, 4) is 11.5 Å². The molecule has 0 aromatic heterocycles. The van der Waals surface area contributed by atoms with E-state index in [9.17, 15) is 9.90 Å². The van der Waals surface area contributed by atoms with Gasteiger partial charge in [-0.25, -0.2) is 0 Å². The number of para-hydroxylation sites is 2. The molecule has 4 N–H and O–H groups in total. The van der Waals surface area contributed by atoms with Gasteiger partial charge in [0.2, 0.25) is 0 Å². The lowest BCUT2D eigenvalue weighted by molar-refractivity contribution is 0.0944. The highest BCUT2D eigenvalue weighted by molar-refractivity contribution is 5.98. The number of aromatic hydroxyl groups is 1. The number of phenolic OH excluding ortho intramolecular Hbond substituents is 1. The lowest BCUT2D eigenvalue weighted by Gasteiger charge is -2.09. The summed E-state index contributed by atoms with van der Waals surface area (Å²) in [5.41, 5.74) is 5.87. The third-order valence-corrected chi connectivity index (χ3v) is 2.71. The Kier molecular flexibility index (Phi) is 4.44. The Morgan fingerprint density at radius 3 is 2.65 bits per heavy atom. The van der Waals surface area contributed by atoms with Crippen molar-refractivity contribution in [2.45, 2.75) is 0 Å². The zero-order valence-electron chi connectivity index (χ0n) is 10.9. The number of nitrogen functional groups attached to an aromatic ring is 1. The monoisotopic (exact) mass is 272 g/mol. The first kappa shape index (κ1) is 13.7. The summed E-state index contributed by atoms with van der Waals surface area (Å²) in [6.07, 6.45) is 0. The van der Waals surface area contributed by atoms with E-state index < -0.39 is 0 Å². The molecule has 0 aliphatic carbocycles. The topological polar surface area (TPSA) is 84.6 Å². The summed E-state index contributed by atoms with van der Waals surface area (Å²) in [6, 6.07) is 14.0. The molecule has 0 radical (unpaired) electrons. The Balaban J connectivity index is 1.82. The minimum absolute atomic E-state index is 0.157. The quantitative estimate of drug-likeness (QED) is 0.440. The molecule has 2 rings (SSSR count). The number of amides is 1. The zero-order chi connectivity index (χ0) is 14.4. The third-order valence-electron chi connectivity index (χ3n) is 2.71. The van der Waals surface area contributed by atoms with Gasteiger partial charge in [-0.15, -0.1) is 0 Å². The predicted molar refractivity (Wildman–Crippen MR) is 76.8 cm³/mol. The van der Waals surface area contributed by atoms with Crippen LogP contribution in [0.1, 0.15) is 10.4 Å². The van der Waals surface area contributed by atoms with Gasteiger partial charge in [0, 0.05) is 0 Å². The Morgan fingerprint density at radius 2 is 1.90 bits per heavy atom. The van der Waals surface area contributed by atoms with E-state index in [0.29, 0.717) is 13.2 Å². The highest BCUT2D eigenvalue weighted by Crippen LogP contribution is 2.23. The second kappa shape index (κ2) is 6.47. The Morgan fingerprint density at radius 1 is 1.15 bits per heavy atom. The van der Waals surface area contributed by atoms with Crippen LogP contribution in [0.3, 0.4) is 0 Å². The normalized spacial score (nSPS) is 10.0. The molecule has 0 aliphatic rings. The van der Waals surface area contributed by atoms with Crippen LogP contribution in [0.2, 0.25) is 0 Å². The molecule has 0 fully saturated rings. The smallest absolute Gasteiger partial charge is 0.255 e. The van der Waals surface area contributed by atoms with E-state index >= 15 is 0 Å². The van der Waals surface area contributed by atoms with Crippen molar-refractivity contribution in [2.75, 3.05) is 18.9 Å². The molecule has 5 heteroatoms. The van der Waals surface area contributed by atoms with Crippen LogP contribution in [-0.2, 0) is 0 Å². The van der Waals surface area contributed by atoms with Crippen molar-refractivity contribution >= 4 is 11.6 Å². The Labute approximate surface area is 117 Å². The average Bonchev–Trinajstić information content (AvgIpc) is 2.47. The van der Waals surface area contributed by atoms with Crippen LogP contribution in [-0.4, -0.2) is 24.2 Å². The van der Waals surface area contributed by atoms with Crippen LogP contribution in [0.15, 0.2) is 48.5 Å². The SMILES string of the molecule is Nc1cccc(C(=O)NCCOc2ccccc2)c1O. The van der Waals surface area contributed by atoms with E-state index in [4.69, 9.17) is 10.5 Å². The van der Waals surface area contributed by atoms with Crippen molar-refractivity contribution in [3.05, 3.63) is 54.1 Å². The van der Waals surface area contributed by atoms with Crippen LogP contribution in [0.4, 0.5) is 5.69 Å². The van der Waals surface area contributed by atoms with Gasteiger partial charge in [-0.2, -0.15) is 0 Å². The zero-order valence-corrected chi connectivity index (χ0v) is 10.9. The molecule has 0 aliphatic heterocycles. The molecule has 0 atom stereocenters. The lowest BCUT2D eigenvalue weighted by Crippen LogP contribution is -2.28. The maximum atomic E-state index is 11.8. The largest absolute Gasteiger partial charge is 0.505 e. The summed E-state index contributed by atoms with van der Waals surface area (Å²) in [6.45, 7) is 0.681. The van der Waals surface area contributed by atoms with Gasteiger partial charge < -0.3 is 20.9 Å². The van der Waals surface area contributed by atoms with Gasteiger partial charge in [-0.1, -0.05) is 24.3 Å². The number of anilines is 1. The number of nitrogens with two attached hydrogens (primary N) is 1. The van der Waals surface area contributed by atoms with Crippen molar-refractivity contribution < 1.29 is 14.6 Å². The Hall–Kier alpha value is -2.69. The summed E-state index contributed by atoms with van der Waals surface area (Å²) in [7, 11) is 0. The number of phenols is 1. The summed E-state index contributed by atoms with van der Waals surface area (Å²) in [4.78, 5) is 11.8. The van der Waals surface area contributed by atoms with Crippen LogP contribution in [0.5, 0.6) is 11.5 Å². The summed E-state index contributed by atoms with van der Waals surface area (Å²) >= 11 is 0. The summed E-state index contributed by atoms with van der Waals surface area (Å²) in [5, 5.41) is 12.3. The van der Waals surface area contributed by atoms with Gasteiger partial charge in [0.15, 0.2) is 5.75 Å². The predicted octanol–water partition coefficient (Wildman–Crippen LogP) is 1.78. The highest BCUT2D eigenvalue weighted by Gasteiger charge is 2.12. The third kappa shape index (κ3) is 3.41. The molecule has 20 heavy (non-hydrogen) atoms. The van der Waals surface area contributed by atoms with Gasteiger partial charge in [0.25, 0.3) is 5.91 Å². The van der Waals surface area contributed by atoms with E-state index in [1.54, 1.807) is 6.07 Å². The van der Waals surface area contributed by atoms with Crippen molar-refractivity contribution in [2.24, 2.45) is 0 Å². The van der Waals surface area contributed by atoms with Crippen molar-refractivity contribution in [1.82, 2.24) is 5.32 Å². The summed E-state index contributed by atoms with van der Waals surface area (Å²) < 4.78 is 5.44. The molecule has 0 saturated carbocycles. The number of hydrogen-bond acceptors (Lipinski definition) is 4. The Bertz CT molecular complexity index is 585. The van der Waals surface area contributed by atoms with Crippen LogP contribution in [0, 0.1) is 0 Å². The molecule has 0 spiro atoms. The maximum Gasteiger partial charge on any atom is 0.255 e. The van der Waals surface area contributed by atoms with E-state index in [0.717, 1.165) is 5.75 Å². The molecular weight excluding hydrogens is 256 g/mol. The fourth-order valence-corrected chi connectivity index (χ4v) is 1.69. The van der Waals surface area contributed by atoms with Gasteiger partial charge >= 0.3 is 0 Å². The molecule has 2 aromatic rings. The molecule has 0 heterocycles. The highest BCUT2D eigenvalue weighted by atomic mass is 16.5. The lowest BCUT2D eigenvalue weighted by atomic mass is 10.1. The number of carbonyl (C=O) groups is 1. The first-order chi connectivity index (χ1) is 9.68. The van der Waals surface area contributed by atoms with Gasteiger partial charge in [0.05, 0.1) is 17.8 Å². The van der Waals surface area contributed by atoms with E-state index in [1.165, 1.54) is 12.1 Å². The van der Waals surface area contributed by atoms with Gasteiger partial charge in [-0.05, 0) is 24.3 Å². The number of rotatable bonds is 5. The van der Waals surface area contributed by atoms with E-state index in [-0.39, 0.29) is 22.9 Å². The van der Waals surface area contributed by atoms with E-state index in [1.807, 2.05) is 30.3 Å². The molecular formula is C15H16N2O3. The molecule has 1 amide bonds. The standard InChI is InChI=1S/C15H16N2O3/c16-13-8-4-7-12(14(13)18)15(19)17-9-10-20-11-5-2-1-3-6-11/h1-8,18H,9-10,16H2,(H,17,19). The molecule has 0 saturated heterocycles. The number of nitrogens with one attached hydrogen (secondary N) is 1. The summed E-state index contributed by atoms with van der Waals surface area (Å²) in [5.74, 6) is 0.161. The van der Waals surface area contributed by atoms with Crippen LogP contribution in [0.25, 0.3) is 0 Å². The van der Waals surface area contributed by atoms with Crippen LogP contribution < -0.4 is 15.8 Å². The minimum Gasteiger partial charge on any atom is -0.505 e. The fraction of sp³-hybridized carbons (Fsp3) is 0.133. The number of ether oxygens (including phenoxy) is 1. The number of hydrogen-bond donors (Lipinski definition) is 3. The van der Waals surface area contributed by atoms with Crippen LogP contribution >= 0.6 is 0 Å². The van der Waals surface area contributed by atoms with Crippen molar-refractivity contribution in [3.63, 3.8) is 0 Å². The molecule has 0 unspecified atom stereocenters. The second-order valence-corrected chi connectivity index (χ2v) is 4.16. The average molecular weight is 272 g/mol. The second-order valence-electron chi connectivity index (χ2n) is 4.16. The van der Waals surface area contributed by atoms with Crippen molar-refractivity contribution in [1.29, 1.82) is 0 Å². The van der Waals surface area contributed by atoms with E-state index in [2.05, 4.69) is 5.32 Å². The number of carbonyl (C=O) groups excluding carboxylic acids is 1. The number of benzene rings is 2. The van der Waals surface area contributed by atoms with Gasteiger partial charge in [0.1, 0.15) is 12.4 Å².